The Bertz CT molecular complexity index is 768. The second-order valence-corrected chi connectivity index (χ2v) is 6.15. The van der Waals surface area contributed by atoms with E-state index in [2.05, 4.69) is 5.32 Å². The molecule has 0 bridgehead atoms. The highest BCUT2D eigenvalue weighted by atomic mass is 16.6. The summed E-state index contributed by atoms with van der Waals surface area (Å²) in [5, 5.41) is 2.75. The maximum absolute atomic E-state index is 11.9. The van der Waals surface area contributed by atoms with Gasteiger partial charge in [-0.25, -0.2) is 4.79 Å². The Hall–Kier alpha value is -2.82. The third-order valence-electron chi connectivity index (χ3n) is 4.12. The van der Waals surface area contributed by atoms with Gasteiger partial charge in [-0.15, -0.1) is 0 Å². The van der Waals surface area contributed by atoms with Crippen LogP contribution in [-0.2, 0) is 27.2 Å². The summed E-state index contributed by atoms with van der Waals surface area (Å²) in [7, 11) is 0. The van der Waals surface area contributed by atoms with Crippen LogP contribution in [0.1, 0.15) is 23.1 Å². The Balaban J connectivity index is 1.41. The lowest BCUT2D eigenvalue weighted by Crippen LogP contribution is -2.23. The van der Waals surface area contributed by atoms with Crippen molar-refractivity contribution in [2.24, 2.45) is 0 Å². The van der Waals surface area contributed by atoms with Crippen LogP contribution in [0.5, 0.6) is 5.75 Å². The molecule has 0 saturated heterocycles. The lowest BCUT2D eigenvalue weighted by atomic mass is 10.1. The number of hydrogen-bond acceptors (Lipinski definition) is 4. The Labute approximate surface area is 147 Å². The Kier molecular flexibility index (Phi) is 5.33. The maximum Gasteiger partial charge on any atom is 0.344 e. The molecule has 1 N–H and O–H groups in total. The summed E-state index contributed by atoms with van der Waals surface area (Å²) in [5.74, 6) is -0.351. The average molecular weight is 339 g/mol. The quantitative estimate of drug-likeness (QED) is 0.822. The molecule has 2 aromatic carbocycles. The third-order valence-corrected chi connectivity index (χ3v) is 4.12. The standard InChI is InChI=1S/C20H21NO4/c1-14-5-9-18(10-6-14)24-13-20(23)25-12-19(22)21-17-8-7-15-3-2-4-16(15)11-17/h5-11H,2-4,12-13H2,1H3,(H,21,22). The second kappa shape index (κ2) is 7.83. The van der Waals surface area contributed by atoms with E-state index in [4.69, 9.17) is 9.47 Å². The fraction of sp³-hybridized carbons (Fsp3) is 0.300. The number of fused-ring (bicyclic) bond motifs is 1. The highest BCUT2D eigenvalue weighted by molar-refractivity contribution is 5.93. The molecule has 0 spiro atoms. The number of hydrogen-bond donors (Lipinski definition) is 1. The molecule has 1 amide bonds. The first-order chi connectivity index (χ1) is 12.1. The molecule has 1 aliphatic carbocycles. The summed E-state index contributed by atoms with van der Waals surface area (Å²) < 4.78 is 10.3. The summed E-state index contributed by atoms with van der Waals surface area (Å²) in [5.41, 5.74) is 4.47. The molecule has 0 aliphatic heterocycles. The van der Waals surface area contributed by atoms with Crippen molar-refractivity contribution in [3.8, 4) is 5.75 Å². The van der Waals surface area contributed by atoms with Gasteiger partial charge in [-0.3, -0.25) is 4.79 Å². The number of aryl methyl sites for hydroxylation is 3. The molecular weight excluding hydrogens is 318 g/mol. The van der Waals surface area contributed by atoms with Gasteiger partial charge < -0.3 is 14.8 Å². The van der Waals surface area contributed by atoms with Crippen LogP contribution < -0.4 is 10.1 Å². The van der Waals surface area contributed by atoms with Crippen LogP contribution in [0.15, 0.2) is 42.5 Å². The fourth-order valence-electron chi connectivity index (χ4n) is 2.81. The van der Waals surface area contributed by atoms with Crippen molar-refractivity contribution in [1.29, 1.82) is 0 Å². The van der Waals surface area contributed by atoms with E-state index in [0.717, 1.165) is 30.5 Å². The Morgan fingerprint density at radius 1 is 1.00 bits per heavy atom. The normalized spacial score (nSPS) is 12.4. The van der Waals surface area contributed by atoms with Crippen molar-refractivity contribution in [3.05, 3.63) is 59.2 Å². The molecule has 25 heavy (non-hydrogen) atoms. The number of nitrogens with one attached hydrogen (secondary N) is 1. The minimum absolute atomic E-state index is 0.227. The molecule has 1 aliphatic rings. The Morgan fingerprint density at radius 2 is 1.76 bits per heavy atom. The topological polar surface area (TPSA) is 64.6 Å². The van der Waals surface area contributed by atoms with E-state index in [1.54, 1.807) is 12.1 Å². The molecule has 5 heteroatoms. The molecule has 0 saturated carbocycles. The van der Waals surface area contributed by atoms with Gasteiger partial charge in [-0.2, -0.15) is 0 Å². The first kappa shape index (κ1) is 17.0. The van der Waals surface area contributed by atoms with E-state index < -0.39 is 5.97 Å². The highest BCUT2D eigenvalue weighted by Crippen LogP contribution is 2.24. The van der Waals surface area contributed by atoms with Gasteiger partial charge in [0.1, 0.15) is 5.75 Å². The largest absolute Gasteiger partial charge is 0.482 e. The number of benzene rings is 2. The zero-order valence-corrected chi connectivity index (χ0v) is 14.2. The average Bonchev–Trinajstić information content (AvgIpc) is 3.07. The fourth-order valence-corrected chi connectivity index (χ4v) is 2.81. The van der Waals surface area contributed by atoms with E-state index >= 15 is 0 Å². The summed E-state index contributed by atoms with van der Waals surface area (Å²) in [4.78, 5) is 23.6. The lowest BCUT2D eigenvalue weighted by Gasteiger charge is -2.09. The summed E-state index contributed by atoms with van der Waals surface area (Å²) in [6.07, 6.45) is 3.30. The summed E-state index contributed by atoms with van der Waals surface area (Å²) >= 11 is 0. The van der Waals surface area contributed by atoms with Crippen molar-refractivity contribution in [1.82, 2.24) is 0 Å². The van der Waals surface area contributed by atoms with Crippen LogP contribution in [0.25, 0.3) is 0 Å². The van der Waals surface area contributed by atoms with Gasteiger partial charge in [0.25, 0.3) is 5.91 Å². The number of rotatable bonds is 6. The molecule has 0 radical (unpaired) electrons. The Morgan fingerprint density at radius 3 is 2.56 bits per heavy atom. The van der Waals surface area contributed by atoms with E-state index in [9.17, 15) is 9.59 Å². The van der Waals surface area contributed by atoms with Gasteiger partial charge in [0.2, 0.25) is 0 Å². The molecule has 5 nitrogen and oxygen atoms in total. The minimum Gasteiger partial charge on any atom is -0.482 e. The van der Waals surface area contributed by atoms with Gasteiger partial charge in [-0.05, 0) is 61.6 Å². The van der Waals surface area contributed by atoms with Crippen molar-refractivity contribution < 1.29 is 19.1 Å². The van der Waals surface area contributed by atoms with E-state index in [1.165, 1.54) is 11.1 Å². The van der Waals surface area contributed by atoms with Crippen molar-refractivity contribution in [2.75, 3.05) is 18.5 Å². The van der Waals surface area contributed by atoms with E-state index in [-0.39, 0.29) is 19.1 Å². The molecule has 0 atom stereocenters. The van der Waals surface area contributed by atoms with Gasteiger partial charge >= 0.3 is 5.97 Å². The lowest BCUT2D eigenvalue weighted by molar-refractivity contribution is -0.149. The zero-order valence-electron chi connectivity index (χ0n) is 14.2. The van der Waals surface area contributed by atoms with Crippen molar-refractivity contribution in [2.45, 2.75) is 26.2 Å². The predicted octanol–water partition coefficient (Wildman–Crippen LogP) is 3.04. The summed E-state index contributed by atoms with van der Waals surface area (Å²) in [6.45, 7) is 1.42. The highest BCUT2D eigenvalue weighted by Gasteiger charge is 2.13. The first-order valence-corrected chi connectivity index (χ1v) is 8.37. The third kappa shape index (κ3) is 4.83. The zero-order chi connectivity index (χ0) is 17.6. The second-order valence-electron chi connectivity index (χ2n) is 6.15. The van der Waals surface area contributed by atoms with Crippen LogP contribution >= 0.6 is 0 Å². The number of anilines is 1. The molecule has 130 valence electrons. The number of esters is 1. The predicted molar refractivity (Wildman–Crippen MR) is 94.7 cm³/mol. The van der Waals surface area contributed by atoms with Gasteiger partial charge in [-0.1, -0.05) is 23.8 Å². The van der Waals surface area contributed by atoms with Gasteiger partial charge in [0, 0.05) is 5.69 Å². The molecule has 2 aromatic rings. The van der Waals surface area contributed by atoms with Crippen LogP contribution in [0, 0.1) is 6.92 Å². The van der Waals surface area contributed by atoms with E-state index in [0.29, 0.717) is 5.75 Å². The number of carbonyl (C=O) groups excluding carboxylic acids is 2. The number of carbonyl (C=O) groups is 2. The van der Waals surface area contributed by atoms with Gasteiger partial charge in [0.15, 0.2) is 13.2 Å². The van der Waals surface area contributed by atoms with Crippen molar-refractivity contribution in [3.63, 3.8) is 0 Å². The number of ether oxygens (including phenoxy) is 2. The smallest absolute Gasteiger partial charge is 0.344 e. The molecule has 0 fully saturated rings. The van der Waals surface area contributed by atoms with Crippen LogP contribution in [0.3, 0.4) is 0 Å². The number of amides is 1. The van der Waals surface area contributed by atoms with Crippen LogP contribution in [0.2, 0.25) is 0 Å². The van der Waals surface area contributed by atoms with Gasteiger partial charge in [0.05, 0.1) is 0 Å². The first-order valence-electron chi connectivity index (χ1n) is 8.37. The molecule has 0 unspecified atom stereocenters. The molecule has 3 rings (SSSR count). The van der Waals surface area contributed by atoms with Crippen LogP contribution in [0.4, 0.5) is 5.69 Å². The minimum atomic E-state index is -0.579. The SMILES string of the molecule is Cc1ccc(OCC(=O)OCC(=O)Nc2ccc3c(c2)CCC3)cc1. The molecular formula is C20H21NO4. The molecule has 0 aromatic heterocycles. The monoisotopic (exact) mass is 339 g/mol. The van der Waals surface area contributed by atoms with Crippen LogP contribution in [-0.4, -0.2) is 25.1 Å². The summed E-state index contributed by atoms with van der Waals surface area (Å²) in [6, 6.07) is 13.3. The van der Waals surface area contributed by atoms with E-state index in [1.807, 2.05) is 37.3 Å². The maximum atomic E-state index is 11.9. The van der Waals surface area contributed by atoms with Crippen molar-refractivity contribution >= 4 is 17.6 Å². The molecule has 0 heterocycles.